The van der Waals surface area contributed by atoms with Crippen molar-refractivity contribution in [3.63, 3.8) is 0 Å². The van der Waals surface area contributed by atoms with Crippen LogP contribution in [0.5, 0.6) is 0 Å². The number of nitrogens with one attached hydrogen (secondary N) is 1. The van der Waals surface area contributed by atoms with Crippen LogP contribution in [0.3, 0.4) is 0 Å². The lowest BCUT2D eigenvalue weighted by molar-refractivity contribution is 0.00973. The number of methoxy groups -OCH3 is 1. The number of aromatic nitrogens is 2. The van der Waals surface area contributed by atoms with Crippen molar-refractivity contribution in [1.29, 1.82) is 0 Å². The Balaban J connectivity index is 2.19. The van der Waals surface area contributed by atoms with E-state index in [9.17, 15) is 0 Å². The van der Waals surface area contributed by atoms with Crippen LogP contribution in [0, 0.1) is 5.92 Å². The van der Waals surface area contributed by atoms with Crippen LogP contribution in [0.2, 0.25) is 0 Å². The lowest BCUT2D eigenvalue weighted by atomic mass is 9.98. The SMILES string of the molecule is COC(C)(C)c1noc([C@@H]2CNC[C@H]2C)n1. The summed E-state index contributed by atoms with van der Waals surface area (Å²) in [5.74, 6) is 2.20. The van der Waals surface area contributed by atoms with E-state index in [4.69, 9.17) is 9.26 Å². The zero-order valence-corrected chi connectivity index (χ0v) is 10.3. The van der Waals surface area contributed by atoms with Crippen LogP contribution in [0.25, 0.3) is 0 Å². The Morgan fingerprint density at radius 1 is 1.44 bits per heavy atom. The molecule has 1 aromatic rings. The van der Waals surface area contributed by atoms with Crippen LogP contribution in [-0.2, 0) is 10.3 Å². The molecule has 5 heteroatoms. The Hall–Kier alpha value is -0.940. The molecular weight excluding hydrogens is 206 g/mol. The van der Waals surface area contributed by atoms with Crippen molar-refractivity contribution in [2.45, 2.75) is 32.3 Å². The summed E-state index contributed by atoms with van der Waals surface area (Å²) in [6.45, 7) is 7.97. The van der Waals surface area contributed by atoms with Gasteiger partial charge >= 0.3 is 0 Å². The van der Waals surface area contributed by atoms with Crippen LogP contribution in [0.1, 0.15) is 38.4 Å². The minimum Gasteiger partial charge on any atom is -0.371 e. The normalized spacial score (nSPS) is 26.2. The second-order valence-corrected chi connectivity index (χ2v) is 4.91. The molecule has 0 saturated carbocycles. The molecule has 0 spiro atoms. The van der Waals surface area contributed by atoms with Crippen LogP contribution in [0.4, 0.5) is 0 Å². The fourth-order valence-electron chi connectivity index (χ4n) is 1.86. The van der Waals surface area contributed by atoms with Gasteiger partial charge in [-0.25, -0.2) is 0 Å². The smallest absolute Gasteiger partial charge is 0.231 e. The van der Waals surface area contributed by atoms with Gasteiger partial charge in [-0.1, -0.05) is 12.1 Å². The van der Waals surface area contributed by atoms with Crippen molar-refractivity contribution in [1.82, 2.24) is 15.5 Å². The maximum absolute atomic E-state index is 5.33. The van der Waals surface area contributed by atoms with E-state index in [-0.39, 0.29) is 0 Å². The summed E-state index contributed by atoms with van der Waals surface area (Å²) < 4.78 is 10.7. The summed E-state index contributed by atoms with van der Waals surface area (Å²) >= 11 is 0. The highest BCUT2D eigenvalue weighted by Crippen LogP contribution is 2.28. The van der Waals surface area contributed by atoms with Crippen molar-refractivity contribution >= 4 is 0 Å². The van der Waals surface area contributed by atoms with Gasteiger partial charge in [0.2, 0.25) is 11.7 Å². The molecule has 1 aromatic heterocycles. The van der Waals surface area contributed by atoms with E-state index in [2.05, 4.69) is 22.4 Å². The summed E-state index contributed by atoms with van der Waals surface area (Å²) in [4.78, 5) is 4.44. The maximum atomic E-state index is 5.33. The zero-order chi connectivity index (χ0) is 11.8. The predicted octanol–water partition coefficient (Wildman–Crippen LogP) is 1.27. The first-order chi connectivity index (χ1) is 7.54. The van der Waals surface area contributed by atoms with Crippen molar-refractivity contribution in [3.05, 3.63) is 11.7 Å². The molecule has 0 radical (unpaired) electrons. The number of rotatable bonds is 3. The van der Waals surface area contributed by atoms with E-state index in [1.807, 2.05) is 13.8 Å². The van der Waals surface area contributed by atoms with Crippen molar-refractivity contribution in [2.75, 3.05) is 20.2 Å². The molecule has 2 rings (SSSR count). The molecule has 0 aliphatic carbocycles. The van der Waals surface area contributed by atoms with E-state index in [0.29, 0.717) is 17.7 Å². The van der Waals surface area contributed by atoms with Gasteiger partial charge in [-0.3, -0.25) is 0 Å². The van der Waals surface area contributed by atoms with Gasteiger partial charge in [-0.15, -0.1) is 0 Å². The Morgan fingerprint density at radius 3 is 2.75 bits per heavy atom. The van der Waals surface area contributed by atoms with E-state index in [1.54, 1.807) is 7.11 Å². The Morgan fingerprint density at radius 2 is 2.19 bits per heavy atom. The first-order valence-electron chi connectivity index (χ1n) is 5.64. The monoisotopic (exact) mass is 225 g/mol. The second-order valence-electron chi connectivity index (χ2n) is 4.91. The molecule has 5 nitrogen and oxygen atoms in total. The van der Waals surface area contributed by atoms with Gasteiger partial charge in [-0.05, 0) is 26.3 Å². The topological polar surface area (TPSA) is 60.2 Å². The van der Waals surface area contributed by atoms with Gasteiger partial charge in [0.05, 0.1) is 5.92 Å². The molecular formula is C11H19N3O2. The van der Waals surface area contributed by atoms with Gasteiger partial charge in [0.25, 0.3) is 0 Å². The predicted molar refractivity (Wildman–Crippen MR) is 59.1 cm³/mol. The highest BCUT2D eigenvalue weighted by molar-refractivity contribution is 5.04. The number of hydrogen-bond donors (Lipinski definition) is 1. The molecule has 1 aliphatic rings. The molecule has 2 heterocycles. The van der Waals surface area contributed by atoms with E-state index < -0.39 is 5.60 Å². The van der Waals surface area contributed by atoms with E-state index in [1.165, 1.54) is 0 Å². The quantitative estimate of drug-likeness (QED) is 0.839. The van der Waals surface area contributed by atoms with Crippen molar-refractivity contribution in [2.24, 2.45) is 5.92 Å². The lowest BCUT2D eigenvalue weighted by Gasteiger charge is -2.17. The molecule has 2 atom stereocenters. The average molecular weight is 225 g/mol. The van der Waals surface area contributed by atoms with Crippen LogP contribution >= 0.6 is 0 Å². The number of nitrogens with zero attached hydrogens (tertiary/aromatic N) is 2. The molecule has 16 heavy (non-hydrogen) atoms. The molecule has 0 amide bonds. The van der Waals surface area contributed by atoms with Gasteiger partial charge < -0.3 is 14.6 Å². The summed E-state index contributed by atoms with van der Waals surface area (Å²) in [5, 5.41) is 7.32. The first kappa shape index (κ1) is 11.5. The molecule has 0 unspecified atom stereocenters. The highest BCUT2D eigenvalue weighted by atomic mass is 16.5. The number of hydrogen-bond acceptors (Lipinski definition) is 5. The summed E-state index contributed by atoms with van der Waals surface area (Å²) in [6, 6.07) is 0. The summed E-state index contributed by atoms with van der Waals surface area (Å²) in [7, 11) is 1.65. The lowest BCUT2D eigenvalue weighted by Crippen LogP contribution is -2.21. The standard InChI is InChI=1S/C11H19N3O2/c1-7-5-12-6-8(7)9-13-10(14-16-9)11(2,3)15-4/h7-8,12H,5-6H2,1-4H3/t7-,8-/m1/s1. The third-order valence-electron chi connectivity index (χ3n) is 3.33. The molecule has 1 saturated heterocycles. The van der Waals surface area contributed by atoms with Crippen LogP contribution < -0.4 is 5.32 Å². The molecule has 1 fully saturated rings. The Kier molecular flexibility index (Phi) is 2.99. The van der Waals surface area contributed by atoms with Gasteiger partial charge in [0.1, 0.15) is 5.60 Å². The Bertz CT molecular complexity index is 362. The Labute approximate surface area is 95.6 Å². The van der Waals surface area contributed by atoms with E-state index in [0.717, 1.165) is 19.0 Å². The van der Waals surface area contributed by atoms with Crippen LogP contribution in [-0.4, -0.2) is 30.3 Å². The third kappa shape index (κ3) is 1.97. The largest absolute Gasteiger partial charge is 0.371 e. The van der Waals surface area contributed by atoms with Gasteiger partial charge in [-0.2, -0.15) is 4.98 Å². The third-order valence-corrected chi connectivity index (χ3v) is 3.33. The fourth-order valence-corrected chi connectivity index (χ4v) is 1.86. The van der Waals surface area contributed by atoms with Crippen molar-refractivity contribution in [3.8, 4) is 0 Å². The highest BCUT2D eigenvalue weighted by Gasteiger charge is 2.32. The summed E-state index contributed by atoms with van der Waals surface area (Å²) in [6.07, 6.45) is 0. The van der Waals surface area contributed by atoms with Crippen LogP contribution in [0.15, 0.2) is 4.52 Å². The second kappa shape index (κ2) is 4.14. The zero-order valence-electron chi connectivity index (χ0n) is 10.3. The molecule has 1 aliphatic heterocycles. The average Bonchev–Trinajstić information content (AvgIpc) is 2.85. The number of ether oxygens (including phenoxy) is 1. The molecule has 0 aromatic carbocycles. The minimum atomic E-state index is -0.489. The molecule has 0 bridgehead atoms. The fraction of sp³-hybridized carbons (Fsp3) is 0.818. The summed E-state index contributed by atoms with van der Waals surface area (Å²) in [5.41, 5.74) is -0.489. The van der Waals surface area contributed by atoms with Crippen molar-refractivity contribution < 1.29 is 9.26 Å². The minimum absolute atomic E-state index is 0.328. The maximum Gasteiger partial charge on any atom is 0.231 e. The molecule has 90 valence electrons. The van der Waals surface area contributed by atoms with Gasteiger partial charge in [0.15, 0.2) is 0 Å². The molecule has 1 N–H and O–H groups in total. The first-order valence-corrected chi connectivity index (χ1v) is 5.64. The van der Waals surface area contributed by atoms with E-state index >= 15 is 0 Å². The van der Waals surface area contributed by atoms with Gasteiger partial charge in [0, 0.05) is 13.7 Å².